The Morgan fingerprint density at radius 2 is 2.31 bits per heavy atom. The summed E-state index contributed by atoms with van der Waals surface area (Å²) in [5.41, 5.74) is 7.34. The second kappa shape index (κ2) is 4.67. The number of nitrogens with two attached hydrogens (primary N) is 1. The Morgan fingerprint density at radius 3 is 2.88 bits per heavy atom. The van der Waals surface area contributed by atoms with Gasteiger partial charge in [-0.1, -0.05) is 15.9 Å². The smallest absolute Gasteiger partial charge is 0.227 e. The number of halogens is 1. The normalized spacial score (nSPS) is 20.5. The molecule has 1 atom stereocenters. The number of thiol groups is 1. The van der Waals surface area contributed by atoms with Gasteiger partial charge in [-0.05, 0) is 29.9 Å². The summed E-state index contributed by atoms with van der Waals surface area (Å²) in [6.45, 7) is 0.716. The number of nitrogens with zero attached hydrogens (tertiary/aromatic N) is 1. The van der Waals surface area contributed by atoms with Crippen LogP contribution >= 0.6 is 28.6 Å². The van der Waals surface area contributed by atoms with Crippen LogP contribution in [0.4, 0.5) is 11.4 Å². The van der Waals surface area contributed by atoms with E-state index >= 15 is 0 Å². The minimum Gasteiger partial charge on any atom is -0.397 e. The molecule has 1 unspecified atom stereocenters. The van der Waals surface area contributed by atoms with E-state index in [0.717, 1.165) is 15.9 Å². The van der Waals surface area contributed by atoms with Crippen LogP contribution in [0, 0.1) is 5.92 Å². The lowest BCUT2D eigenvalue weighted by atomic mass is 10.1. The second-order valence-corrected chi connectivity index (χ2v) is 5.24. The largest absolute Gasteiger partial charge is 0.397 e. The maximum absolute atomic E-state index is 11.8. The molecule has 0 aliphatic carbocycles. The molecule has 0 radical (unpaired) electrons. The van der Waals surface area contributed by atoms with Gasteiger partial charge in [0, 0.05) is 17.4 Å². The number of rotatable bonds is 2. The Morgan fingerprint density at radius 1 is 1.56 bits per heavy atom. The predicted molar refractivity (Wildman–Crippen MR) is 72.9 cm³/mol. The standard InChI is InChI=1S/C11H13BrN2OS/c12-8-1-2-10(9(13)4-8)14-5-7(6-16)3-11(14)15/h1-2,4,7,16H,3,5-6,13H2. The summed E-state index contributed by atoms with van der Waals surface area (Å²) in [6, 6.07) is 5.59. The molecular weight excluding hydrogens is 288 g/mol. The number of amides is 1. The zero-order valence-corrected chi connectivity index (χ0v) is 11.2. The van der Waals surface area contributed by atoms with Gasteiger partial charge in [0.2, 0.25) is 5.91 Å². The first kappa shape index (κ1) is 11.8. The molecule has 1 aromatic carbocycles. The molecule has 1 heterocycles. The lowest BCUT2D eigenvalue weighted by molar-refractivity contribution is -0.117. The molecule has 3 nitrogen and oxygen atoms in total. The van der Waals surface area contributed by atoms with Gasteiger partial charge in [-0.15, -0.1) is 0 Å². The molecule has 2 rings (SSSR count). The van der Waals surface area contributed by atoms with E-state index in [1.807, 2.05) is 18.2 Å². The molecule has 16 heavy (non-hydrogen) atoms. The molecule has 1 aliphatic heterocycles. The summed E-state index contributed by atoms with van der Waals surface area (Å²) in [4.78, 5) is 13.6. The maximum Gasteiger partial charge on any atom is 0.227 e. The lowest BCUT2D eigenvalue weighted by Crippen LogP contribution is -2.25. The number of carbonyl (C=O) groups excluding carboxylic acids is 1. The van der Waals surface area contributed by atoms with Gasteiger partial charge in [0.1, 0.15) is 0 Å². The maximum atomic E-state index is 11.8. The lowest BCUT2D eigenvalue weighted by Gasteiger charge is -2.18. The van der Waals surface area contributed by atoms with Gasteiger partial charge < -0.3 is 10.6 Å². The third-order valence-electron chi connectivity index (χ3n) is 2.74. The number of benzene rings is 1. The van der Waals surface area contributed by atoms with Gasteiger partial charge in [-0.25, -0.2) is 0 Å². The van der Waals surface area contributed by atoms with E-state index in [-0.39, 0.29) is 5.91 Å². The van der Waals surface area contributed by atoms with Crippen molar-refractivity contribution >= 4 is 45.8 Å². The van der Waals surface area contributed by atoms with E-state index in [2.05, 4.69) is 28.6 Å². The Bertz CT molecular complexity index is 424. The molecule has 0 saturated carbocycles. The van der Waals surface area contributed by atoms with Crippen LogP contribution in [0.5, 0.6) is 0 Å². The molecule has 1 fully saturated rings. The van der Waals surface area contributed by atoms with Gasteiger partial charge in [-0.2, -0.15) is 12.6 Å². The number of carbonyl (C=O) groups is 1. The minimum atomic E-state index is 0.132. The third kappa shape index (κ3) is 2.20. The van der Waals surface area contributed by atoms with Gasteiger partial charge in [0.25, 0.3) is 0 Å². The second-order valence-electron chi connectivity index (χ2n) is 3.96. The van der Waals surface area contributed by atoms with Crippen LogP contribution in [0.1, 0.15) is 6.42 Å². The average Bonchev–Trinajstić information content (AvgIpc) is 2.60. The van der Waals surface area contributed by atoms with Gasteiger partial charge in [-0.3, -0.25) is 4.79 Å². The molecule has 1 amide bonds. The summed E-state index contributed by atoms with van der Waals surface area (Å²) in [5, 5.41) is 0. The fourth-order valence-corrected chi connectivity index (χ4v) is 2.53. The molecular formula is C11H13BrN2OS. The summed E-state index contributed by atoms with van der Waals surface area (Å²) >= 11 is 7.58. The van der Waals surface area contributed by atoms with Crippen LogP contribution < -0.4 is 10.6 Å². The summed E-state index contributed by atoms with van der Waals surface area (Å²) in [5.74, 6) is 1.20. The molecule has 1 aliphatic rings. The van der Waals surface area contributed by atoms with E-state index in [4.69, 9.17) is 5.73 Å². The molecule has 86 valence electrons. The summed E-state index contributed by atoms with van der Waals surface area (Å²) in [6.07, 6.45) is 0.568. The number of hydrogen-bond acceptors (Lipinski definition) is 3. The average molecular weight is 301 g/mol. The van der Waals surface area contributed by atoms with Crippen molar-refractivity contribution in [2.45, 2.75) is 6.42 Å². The quantitative estimate of drug-likeness (QED) is 0.650. The highest BCUT2D eigenvalue weighted by atomic mass is 79.9. The van der Waals surface area contributed by atoms with Crippen molar-refractivity contribution in [2.24, 2.45) is 5.92 Å². The predicted octanol–water partition coefficient (Wildman–Crippen LogP) is 2.31. The topological polar surface area (TPSA) is 46.3 Å². The van der Waals surface area contributed by atoms with Crippen LogP contribution in [-0.2, 0) is 4.79 Å². The van der Waals surface area contributed by atoms with E-state index in [1.54, 1.807) is 4.90 Å². The molecule has 0 aromatic heterocycles. The highest BCUT2D eigenvalue weighted by molar-refractivity contribution is 9.10. The zero-order valence-electron chi connectivity index (χ0n) is 8.69. The summed E-state index contributed by atoms with van der Waals surface area (Å²) in [7, 11) is 0. The van der Waals surface area contributed by atoms with Crippen LogP contribution in [0.25, 0.3) is 0 Å². The monoisotopic (exact) mass is 300 g/mol. The molecule has 1 saturated heterocycles. The van der Waals surface area contributed by atoms with Crippen molar-refractivity contribution in [2.75, 3.05) is 22.9 Å². The number of hydrogen-bond donors (Lipinski definition) is 2. The first-order chi connectivity index (χ1) is 7.61. The molecule has 5 heteroatoms. The van der Waals surface area contributed by atoms with E-state index in [0.29, 0.717) is 24.6 Å². The molecule has 0 spiro atoms. The number of anilines is 2. The van der Waals surface area contributed by atoms with Crippen molar-refractivity contribution < 1.29 is 4.79 Å². The summed E-state index contributed by atoms with van der Waals surface area (Å²) < 4.78 is 0.922. The van der Waals surface area contributed by atoms with Gasteiger partial charge in [0.05, 0.1) is 11.4 Å². The molecule has 0 bridgehead atoms. The first-order valence-electron chi connectivity index (χ1n) is 5.08. The Hall–Kier alpha value is -0.680. The molecule has 1 aromatic rings. The van der Waals surface area contributed by atoms with Crippen molar-refractivity contribution in [3.63, 3.8) is 0 Å². The first-order valence-corrected chi connectivity index (χ1v) is 6.50. The van der Waals surface area contributed by atoms with Crippen LogP contribution in [0.2, 0.25) is 0 Å². The van der Waals surface area contributed by atoms with E-state index in [9.17, 15) is 4.79 Å². The van der Waals surface area contributed by atoms with Crippen LogP contribution in [-0.4, -0.2) is 18.2 Å². The highest BCUT2D eigenvalue weighted by Gasteiger charge is 2.30. The Kier molecular flexibility index (Phi) is 3.44. The highest BCUT2D eigenvalue weighted by Crippen LogP contribution is 2.31. The SMILES string of the molecule is Nc1cc(Br)ccc1N1CC(CS)CC1=O. The zero-order chi connectivity index (χ0) is 11.7. The molecule has 2 N–H and O–H groups in total. The van der Waals surface area contributed by atoms with Crippen molar-refractivity contribution in [3.8, 4) is 0 Å². The van der Waals surface area contributed by atoms with Crippen molar-refractivity contribution in [1.29, 1.82) is 0 Å². The number of nitrogen functional groups attached to an aromatic ring is 1. The van der Waals surface area contributed by atoms with Gasteiger partial charge in [0.15, 0.2) is 0 Å². The minimum absolute atomic E-state index is 0.132. The van der Waals surface area contributed by atoms with Crippen LogP contribution in [0.15, 0.2) is 22.7 Å². The third-order valence-corrected chi connectivity index (χ3v) is 3.75. The fourth-order valence-electron chi connectivity index (χ4n) is 1.91. The van der Waals surface area contributed by atoms with Crippen molar-refractivity contribution in [1.82, 2.24) is 0 Å². The Balaban J connectivity index is 2.28. The Labute approximate surface area is 109 Å². The van der Waals surface area contributed by atoms with E-state index in [1.165, 1.54) is 0 Å². The van der Waals surface area contributed by atoms with E-state index < -0.39 is 0 Å². The van der Waals surface area contributed by atoms with Crippen LogP contribution in [0.3, 0.4) is 0 Å². The van der Waals surface area contributed by atoms with Crippen molar-refractivity contribution in [3.05, 3.63) is 22.7 Å². The van der Waals surface area contributed by atoms with Gasteiger partial charge >= 0.3 is 0 Å². The fraction of sp³-hybridized carbons (Fsp3) is 0.364.